The Hall–Kier alpha value is -2.30. The van der Waals surface area contributed by atoms with Crippen molar-refractivity contribution in [2.24, 2.45) is 5.73 Å². The maximum Gasteiger partial charge on any atom is 0.333 e. The van der Waals surface area contributed by atoms with Crippen LogP contribution in [0.4, 0.5) is 0 Å². The third kappa shape index (κ3) is 4.69. The molecule has 0 saturated carbocycles. The largest absolute Gasteiger partial charge is 0.463 e. The highest BCUT2D eigenvalue weighted by Crippen LogP contribution is 1.98. The van der Waals surface area contributed by atoms with Crippen LogP contribution in [0.1, 0.15) is 12.5 Å². The minimum atomic E-state index is -0.620. The summed E-state index contributed by atoms with van der Waals surface area (Å²) >= 11 is 0. The third-order valence-corrected chi connectivity index (χ3v) is 2.12. The molecule has 1 rings (SSSR count). The highest BCUT2D eigenvalue weighted by Gasteiger charge is 2.07. The molecule has 3 N–H and O–H groups in total. The molecule has 0 fully saturated rings. The van der Waals surface area contributed by atoms with Gasteiger partial charge in [-0.15, -0.1) is 0 Å². The molecular formula is C13H16N2O3. The van der Waals surface area contributed by atoms with Crippen molar-refractivity contribution in [1.29, 1.82) is 0 Å². The van der Waals surface area contributed by atoms with Gasteiger partial charge in [0.05, 0.1) is 12.7 Å². The Labute approximate surface area is 106 Å². The molecule has 0 radical (unpaired) electrons. The summed E-state index contributed by atoms with van der Waals surface area (Å²) in [7, 11) is 0. The van der Waals surface area contributed by atoms with Crippen molar-refractivity contribution in [3.63, 3.8) is 0 Å². The van der Waals surface area contributed by atoms with Crippen LogP contribution >= 0.6 is 0 Å². The van der Waals surface area contributed by atoms with Crippen molar-refractivity contribution in [1.82, 2.24) is 5.32 Å². The molecule has 0 aliphatic rings. The number of carbonyl (C=O) groups excluding carboxylic acids is 2. The van der Waals surface area contributed by atoms with Gasteiger partial charge in [0.2, 0.25) is 0 Å². The molecule has 5 nitrogen and oxygen atoms in total. The number of hydrogen-bond acceptors (Lipinski definition) is 4. The lowest BCUT2D eigenvalue weighted by Gasteiger charge is -2.05. The Morgan fingerprint density at radius 1 is 1.33 bits per heavy atom. The fourth-order valence-electron chi connectivity index (χ4n) is 1.26. The van der Waals surface area contributed by atoms with Gasteiger partial charge < -0.3 is 15.8 Å². The van der Waals surface area contributed by atoms with Crippen LogP contribution in [-0.4, -0.2) is 18.5 Å². The lowest BCUT2D eigenvalue weighted by Crippen LogP contribution is -2.28. The standard InChI is InChI=1S/C13H16N2O3/c1-2-18-12(16)8-11(14)13(17)15-9-10-6-4-3-5-7-10/h3-8H,2,9,14H2,1H3,(H,15,17)/b11-8-. The van der Waals surface area contributed by atoms with Gasteiger partial charge in [-0.3, -0.25) is 4.79 Å². The fourth-order valence-corrected chi connectivity index (χ4v) is 1.26. The van der Waals surface area contributed by atoms with Crippen LogP contribution in [0.2, 0.25) is 0 Å². The predicted octanol–water partition coefficient (Wildman–Crippen LogP) is 0.709. The van der Waals surface area contributed by atoms with E-state index in [1.165, 1.54) is 0 Å². The highest BCUT2D eigenvalue weighted by molar-refractivity contribution is 5.98. The molecule has 96 valence electrons. The Kier molecular flexibility index (Phi) is 5.44. The van der Waals surface area contributed by atoms with Crippen molar-refractivity contribution in [2.75, 3.05) is 6.61 Å². The lowest BCUT2D eigenvalue weighted by molar-refractivity contribution is -0.137. The van der Waals surface area contributed by atoms with Gasteiger partial charge in [0, 0.05) is 6.54 Å². The molecule has 0 bridgehead atoms. The maximum atomic E-state index is 11.5. The van der Waals surface area contributed by atoms with E-state index in [4.69, 9.17) is 5.73 Å². The van der Waals surface area contributed by atoms with E-state index in [0.717, 1.165) is 11.6 Å². The Morgan fingerprint density at radius 3 is 2.61 bits per heavy atom. The van der Waals surface area contributed by atoms with Crippen LogP contribution in [0.3, 0.4) is 0 Å². The topological polar surface area (TPSA) is 81.4 Å². The zero-order valence-electron chi connectivity index (χ0n) is 10.2. The van der Waals surface area contributed by atoms with Gasteiger partial charge in [0.25, 0.3) is 5.91 Å². The second kappa shape index (κ2) is 7.11. The molecule has 0 heterocycles. The molecule has 0 atom stereocenters. The second-order valence-corrected chi connectivity index (χ2v) is 3.52. The van der Waals surface area contributed by atoms with Gasteiger partial charge >= 0.3 is 5.97 Å². The van der Waals surface area contributed by atoms with Crippen LogP contribution in [0.25, 0.3) is 0 Å². The number of hydrogen-bond donors (Lipinski definition) is 2. The van der Waals surface area contributed by atoms with E-state index in [2.05, 4.69) is 10.1 Å². The summed E-state index contributed by atoms with van der Waals surface area (Å²) in [5.74, 6) is -1.11. The number of amides is 1. The molecular weight excluding hydrogens is 232 g/mol. The van der Waals surface area contributed by atoms with Crippen molar-refractivity contribution in [3.05, 3.63) is 47.7 Å². The molecule has 0 saturated heterocycles. The van der Waals surface area contributed by atoms with Gasteiger partial charge in [-0.25, -0.2) is 4.79 Å². The number of carbonyl (C=O) groups is 2. The van der Waals surface area contributed by atoms with Gasteiger partial charge in [0.1, 0.15) is 5.70 Å². The molecule has 5 heteroatoms. The van der Waals surface area contributed by atoms with E-state index in [1.807, 2.05) is 30.3 Å². The normalized spacial score (nSPS) is 10.8. The van der Waals surface area contributed by atoms with Gasteiger partial charge in [-0.1, -0.05) is 30.3 Å². The van der Waals surface area contributed by atoms with Crippen molar-refractivity contribution >= 4 is 11.9 Å². The van der Waals surface area contributed by atoms with E-state index in [0.29, 0.717) is 6.54 Å². The summed E-state index contributed by atoms with van der Waals surface area (Å²) < 4.78 is 4.65. The molecule has 0 aliphatic carbocycles. The summed E-state index contributed by atoms with van der Waals surface area (Å²) in [6, 6.07) is 9.40. The zero-order chi connectivity index (χ0) is 13.4. The molecule has 18 heavy (non-hydrogen) atoms. The zero-order valence-corrected chi connectivity index (χ0v) is 10.2. The number of rotatable bonds is 5. The highest BCUT2D eigenvalue weighted by atomic mass is 16.5. The molecule has 1 amide bonds. The number of esters is 1. The first-order valence-corrected chi connectivity index (χ1v) is 5.59. The molecule has 0 aromatic heterocycles. The Balaban J connectivity index is 2.48. The first-order chi connectivity index (χ1) is 8.63. The van der Waals surface area contributed by atoms with E-state index in [-0.39, 0.29) is 12.3 Å². The van der Waals surface area contributed by atoms with Crippen LogP contribution < -0.4 is 11.1 Å². The van der Waals surface area contributed by atoms with E-state index in [9.17, 15) is 9.59 Å². The summed E-state index contributed by atoms with van der Waals surface area (Å²) in [4.78, 5) is 22.6. The molecule has 1 aromatic rings. The number of nitrogens with one attached hydrogen (secondary N) is 1. The van der Waals surface area contributed by atoms with E-state index < -0.39 is 11.9 Å². The van der Waals surface area contributed by atoms with E-state index in [1.54, 1.807) is 6.92 Å². The minimum absolute atomic E-state index is 0.163. The number of benzene rings is 1. The van der Waals surface area contributed by atoms with Gasteiger partial charge in [0.15, 0.2) is 0 Å². The summed E-state index contributed by atoms with van der Waals surface area (Å²) in [5, 5.41) is 2.61. The number of ether oxygens (including phenoxy) is 1. The predicted molar refractivity (Wildman–Crippen MR) is 67.2 cm³/mol. The summed E-state index contributed by atoms with van der Waals surface area (Å²) in [6.07, 6.45) is 0.976. The van der Waals surface area contributed by atoms with Gasteiger partial charge in [-0.05, 0) is 12.5 Å². The average molecular weight is 248 g/mol. The van der Waals surface area contributed by atoms with Crippen LogP contribution in [-0.2, 0) is 20.9 Å². The SMILES string of the molecule is CCOC(=O)/C=C(\N)C(=O)NCc1ccccc1. The van der Waals surface area contributed by atoms with Crippen molar-refractivity contribution in [3.8, 4) is 0 Å². The molecule has 0 spiro atoms. The second-order valence-electron chi connectivity index (χ2n) is 3.52. The van der Waals surface area contributed by atoms with Gasteiger partial charge in [-0.2, -0.15) is 0 Å². The maximum absolute atomic E-state index is 11.5. The van der Waals surface area contributed by atoms with Crippen molar-refractivity contribution in [2.45, 2.75) is 13.5 Å². The van der Waals surface area contributed by atoms with Crippen LogP contribution in [0.15, 0.2) is 42.1 Å². The smallest absolute Gasteiger partial charge is 0.333 e. The quantitative estimate of drug-likeness (QED) is 0.594. The fraction of sp³-hybridized carbons (Fsp3) is 0.231. The minimum Gasteiger partial charge on any atom is -0.463 e. The first-order valence-electron chi connectivity index (χ1n) is 5.59. The molecule has 0 aliphatic heterocycles. The molecule has 0 unspecified atom stereocenters. The number of nitrogens with two attached hydrogens (primary N) is 1. The van der Waals surface area contributed by atoms with Crippen LogP contribution in [0, 0.1) is 0 Å². The molecule has 1 aromatic carbocycles. The summed E-state index contributed by atoms with van der Waals surface area (Å²) in [5.41, 5.74) is 6.25. The van der Waals surface area contributed by atoms with Crippen molar-refractivity contribution < 1.29 is 14.3 Å². The average Bonchev–Trinajstić information content (AvgIpc) is 2.37. The summed E-state index contributed by atoms with van der Waals surface area (Å²) in [6.45, 7) is 2.28. The monoisotopic (exact) mass is 248 g/mol. The van der Waals surface area contributed by atoms with E-state index >= 15 is 0 Å². The Morgan fingerprint density at radius 2 is 2.00 bits per heavy atom. The first kappa shape index (κ1) is 13.8. The third-order valence-electron chi connectivity index (χ3n) is 2.12. The lowest BCUT2D eigenvalue weighted by atomic mass is 10.2. The van der Waals surface area contributed by atoms with Crippen LogP contribution in [0.5, 0.6) is 0 Å². The Bertz CT molecular complexity index is 441.